The molecule has 0 bridgehead atoms. The van der Waals surface area contributed by atoms with Crippen molar-refractivity contribution in [3.63, 3.8) is 0 Å². The van der Waals surface area contributed by atoms with Crippen molar-refractivity contribution in [1.82, 2.24) is 4.98 Å². The Labute approximate surface area is 121 Å². The van der Waals surface area contributed by atoms with Gasteiger partial charge < -0.3 is 10.4 Å². The lowest BCUT2D eigenvalue weighted by atomic mass is 9.91. The van der Waals surface area contributed by atoms with Gasteiger partial charge in [-0.05, 0) is 43.1 Å². The number of carbonyl (C=O) groups is 1. The number of thiazole rings is 1. The Kier molecular flexibility index (Phi) is 3.98. The lowest BCUT2D eigenvalue weighted by molar-refractivity contribution is -0.139. The fraction of sp³-hybridized carbons (Fsp3) is 0.692. The maximum Gasteiger partial charge on any atom is 0.312 e. The molecule has 2 N–H and O–H groups in total. The third kappa shape index (κ3) is 2.89. The first kappa shape index (κ1) is 13.2. The van der Waals surface area contributed by atoms with E-state index in [9.17, 15) is 9.90 Å². The maximum atomic E-state index is 11.2. The number of hydrogen-bond donors (Lipinski definition) is 2. The van der Waals surface area contributed by atoms with E-state index >= 15 is 0 Å². The second-order valence-corrected chi connectivity index (χ2v) is 7.45. The summed E-state index contributed by atoms with van der Waals surface area (Å²) in [4.78, 5) is 16.9. The van der Waals surface area contributed by atoms with E-state index in [0.717, 1.165) is 42.6 Å². The van der Waals surface area contributed by atoms with Crippen molar-refractivity contribution in [2.45, 2.75) is 31.6 Å². The topological polar surface area (TPSA) is 62.2 Å². The summed E-state index contributed by atoms with van der Waals surface area (Å²) in [6.07, 6.45) is 3.95. The molecule has 2 unspecified atom stereocenters. The van der Waals surface area contributed by atoms with Crippen LogP contribution in [0.1, 0.15) is 35.8 Å². The number of thioether (sulfide) groups is 1. The highest BCUT2D eigenvalue weighted by molar-refractivity contribution is 7.99. The predicted octanol–water partition coefficient (Wildman–Crippen LogP) is 2.81. The molecular weight excluding hydrogens is 280 g/mol. The van der Waals surface area contributed by atoms with E-state index in [1.165, 1.54) is 22.8 Å². The van der Waals surface area contributed by atoms with Crippen LogP contribution in [0.3, 0.4) is 0 Å². The number of carboxylic acid groups (broad SMARTS) is 1. The number of nitrogens with one attached hydrogen (secondary N) is 1. The van der Waals surface area contributed by atoms with Crippen molar-refractivity contribution in [1.29, 1.82) is 0 Å². The first-order valence-electron chi connectivity index (χ1n) is 6.78. The molecule has 0 spiro atoms. The van der Waals surface area contributed by atoms with E-state index in [2.05, 4.69) is 10.3 Å². The fourth-order valence-electron chi connectivity index (χ4n) is 2.71. The Morgan fingerprint density at radius 2 is 2.37 bits per heavy atom. The number of aryl methyl sites for hydroxylation is 1. The molecule has 2 aliphatic rings. The van der Waals surface area contributed by atoms with Gasteiger partial charge in [0.05, 0.1) is 5.69 Å². The molecule has 1 aliphatic heterocycles. The van der Waals surface area contributed by atoms with Gasteiger partial charge in [-0.15, -0.1) is 11.3 Å². The van der Waals surface area contributed by atoms with E-state index in [1.807, 2.05) is 11.8 Å². The molecule has 2 heterocycles. The van der Waals surface area contributed by atoms with Crippen LogP contribution in [-0.2, 0) is 11.2 Å². The number of nitrogens with zero attached hydrogens (tertiary/aromatic N) is 1. The average Bonchev–Trinajstić information content (AvgIpc) is 3.04. The first-order chi connectivity index (χ1) is 9.24. The molecule has 1 aromatic heterocycles. The van der Waals surface area contributed by atoms with E-state index in [1.54, 1.807) is 11.3 Å². The normalized spacial score (nSPS) is 26.1. The Balaban J connectivity index is 1.68. The molecule has 1 saturated heterocycles. The molecule has 2 atom stereocenters. The minimum atomic E-state index is -0.731. The van der Waals surface area contributed by atoms with Gasteiger partial charge in [0.15, 0.2) is 5.13 Å². The molecule has 1 aliphatic carbocycles. The first-order valence-corrected chi connectivity index (χ1v) is 8.75. The highest BCUT2D eigenvalue weighted by atomic mass is 32.2. The second-order valence-electron chi connectivity index (χ2n) is 5.22. The number of rotatable bonds is 4. The van der Waals surface area contributed by atoms with Gasteiger partial charge in [0.1, 0.15) is 5.92 Å². The Morgan fingerprint density at radius 1 is 1.47 bits per heavy atom. The molecule has 0 radical (unpaired) electrons. The molecule has 6 heteroatoms. The molecule has 4 nitrogen and oxygen atoms in total. The molecular formula is C13H18N2O2S2. The quantitative estimate of drug-likeness (QED) is 0.895. The third-order valence-corrected chi connectivity index (χ3v) is 6.14. The minimum Gasteiger partial charge on any atom is -0.481 e. The van der Waals surface area contributed by atoms with Crippen LogP contribution in [0.2, 0.25) is 0 Å². The fourth-order valence-corrected chi connectivity index (χ4v) is 5.07. The van der Waals surface area contributed by atoms with Gasteiger partial charge in [-0.3, -0.25) is 4.79 Å². The highest BCUT2D eigenvalue weighted by Gasteiger charge is 2.30. The van der Waals surface area contributed by atoms with Crippen LogP contribution in [0, 0.1) is 5.92 Å². The summed E-state index contributed by atoms with van der Waals surface area (Å²) in [6.45, 7) is 0.969. The van der Waals surface area contributed by atoms with Crippen LogP contribution >= 0.6 is 23.1 Å². The molecule has 19 heavy (non-hydrogen) atoms. The van der Waals surface area contributed by atoms with Gasteiger partial charge in [-0.25, -0.2) is 4.98 Å². The van der Waals surface area contributed by atoms with Crippen LogP contribution in [0.4, 0.5) is 5.13 Å². The van der Waals surface area contributed by atoms with E-state index in [0.29, 0.717) is 0 Å². The largest absolute Gasteiger partial charge is 0.481 e. The lowest BCUT2D eigenvalue weighted by Crippen LogP contribution is -2.17. The summed E-state index contributed by atoms with van der Waals surface area (Å²) in [5, 5.41) is 13.6. The summed E-state index contributed by atoms with van der Waals surface area (Å²) in [5.41, 5.74) is 0.812. The number of hydrogen-bond acceptors (Lipinski definition) is 5. The zero-order valence-corrected chi connectivity index (χ0v) is 12.4. The van der Waals surface area contributed by atoms with Gasteiger partial charge in [0, 0.05) is 11.4 Å². The Morgan fingerprint density at radius 3 is 3.11 bits per heavy atom. The smallest absolute Gasteiger partial charge is 0.312 e. The summed E-state index contributed by atoms with van der Waals surface area (Å²) >= 11 is 3.66. The monoisotopic (exact) mass is 298 g/mol. The molecule has 1 aromatic rings. The number of aliphatic carboxylic acids is 1. The summed E-state index contributed by atoms with van der Waals surface area (Å²) in [6, 6.07) is 0. The number of carboxylic acids is 1. The minimum absolute atomic E-state index is 0.391. The van der Waals surface area contributed by atoms with E-state index in [4.69, 9.17) is 0 Å². The van der Waals surface area contributed by atoms with Crippen LogP contribution in [0.25, 0.3) is 0 Å². The number of aromatic nitrogens is 1. The van der Waals surface area contributed by atoms with Crippen molar-refractivity contribution in [2.24, 2.45) is 5.92 Å². The van der Waals surface area contributed by atoms with Gasteiger partial charge in [0.25, 0.3) is 0 Å². The second kappa shape index (κ2) is 5.71. The number of fused-ring (bicyclic) bond motifs is 1. The molecule has 0 aromatic carbocycles. The maximum absolute atomic E-state index is 11.2. The SMILES string of the molecule is O=C(O)C1CCCc2sc(NCC3CCSC3)nc21. The summed E-state index contributed by atoms with van der Waals surface area (Å²) < 4.78 is 0. The van der Waals surface area contributed by atoms with Crippen molar-refractivity contribution in [3.8, 4) is 0 Å². The van der Waals surface area contributed by atoms with Crippen molar-refractivity contribution >= 4 is 34.2 Å². The standard InChI is InChI=1S/C13H18N2O2S2/c16-12(17)9-2-1-3-10-11(9)15-13(19-10)14-6-8-4-5-18-7-8/h8-9H,1-7H2,(H,14,15)(H,16,17). The highest BCUT2D eigenvalue weighted by Crippen LogP contribution is 2.37. The van der Waals surface area contributed by atoms with Gasteiger partial charge in [-0.1, -0.05) is 0 Å². The zero-order valence-electron chi connectivity index (χ0n) is 10.7. The van der Waals surface area contributed by atoms with Gasteiger partial charge >= 0.3 is 5.97 Å². The number of anilines is 1. The van der Waals surface area contributed by atoms with Gasteiger partial charge in [-0.2, -0.15) is 11.8 Å². The molecule has 0 saturated carbocycles. The Bertz CT molecular complexity index is 469. The van der Waals surface area contributed by atoms with Crippen LogP contribution < -0.4 is 5.32 Å². The molecule has 1 fully saturated rings. The van der Waals surface area contributed by atoms with Crippen LogP contribution in [-0.4, -0.2) is 34.1 Å². The van der Waals surface area contributed by atoms with Crippen molar-refractivity contribution in [2.75, 3.05) is 23.4 Å². The zero-order chi connectivity index (χ0) is 13.2. The van der Waals surface area contributed by atoms with E-state index in [-0.39, 0.29) is 0 Å². The van der Waals surface area contributed by atoms with E-state index < -0.39 is 11.9 Å². The molecule has 3 rings (SSSR count). The van der Waals surface area contributed by atoms with Crippen LogP contribution in [0.5, 0.6) is 0 Å². The average molecular weight is 298 g/mol. The summed E-state index contributed by atoms with van der Waals surface area (Å²) in [7, 11) is 0. The Hall–Kier alpha value is -0.750. The molecule has 104 valence electrons. The van der Waals surface area contributed by atoms with Crippen molar-refractivity contribution in [3.05, 3.63) is 10.6 Å². The lowest BCUT2D eigenvalue weighted by Gasteiger charge is -2.16. The predicted molar refractivity (Wildman–Crippen MR) is 79.4 cm³/mol. The van der Waals surface area contributed by atoms with Crippen LogP contribution in [0.15, 0.2) is 0 Å². The van der Waals surface area contributed by atoms with Gasteiger partial charge in [0.2, 0.25) is 0 Å². The molecule has 0 amide bonds. The van der Waals surface area contributed by atoms with Crippen molar-refractivity contribution < 1.29 is 9.90 Å². The summed E-state index contributed by atoms with van der Waals surface area (Å²) in [5.74, 6) is 2.11. The third-order valence-electron chi connectivity index (χ3n) is 3.82.